The first-order chi connectivity index (χ1) is 10.3. The zero-order valence-corrected chi connectivity index (χ0v) is 13.4. The van der Waals surface area contributed by atoms with Crippen LogP contribution in [-0.2, 0) is 10.2 Å². The van der Waals surface area contributed by atoms with E-state index in [9.17, 15) is 14.9 Å². The van der Waals surface area contributed by atoms with Crippen molar-refractivity contribution < 1.29 is 9.59 Å². The topological polar surface area (TPSA) is 61.2 Å². The average molecular weight is 298 g/mol. The summed E-state index contributed by atoms with van der Waals surface area (Å²) in [5.74, 6) is -1.98. The standard InChI is InChI=1S/C18H22N2O2/c1-18(2,3)14-8-6-13(7-9-14)16(21)15(12-19)17(22)20-10-4-5-11-20/h6-9,15H,4-5,10-11H2,1-3H3. The van der Waals surface area contributed by atoms with Gasteiger partial charge in [0.05, 0.1) is 6.07 Å². The first-order valence-corrected chi connectivity index (χ1v) is 7.68. The van der Waals surface area contributed by atoms with Crippen molar-refractivity contribution in [3.8, 4) is 6.07 Å². The van der Waals surface area contributed by atoms with E-state index in [1.54, 1.807) is 17.0 Å². The minimum atomic E-state index is -1.22. The zero-order valence-electron chi connectivity index (χ0n) is 13.4. The van der Waals surface area contributed by atoms with Crippen LogP contribution in [0.15, 0.2) is 24.3 Å². The number of Topliss-reactive ketones (excluding diaryl/α,β-unsaturated/α-hetero) is 1. The maximum atomic E-state index is 12.5. The van der Waals surface area contributed by atoms with Crippen LogP contribution in [0.3, 0.4) is 0 Å². The van der Waals surface area contributed by atoms with E-state index in [0.717, 1.165) is 18.4 Å². The molecule has 1 aliphatic heterocycles. The van der Waals surface area contributed by atoms with Crippen LogP contribution >= 0.6 is 0 Å². The van der Waals surface area contributed by atoms with E-state index in [2.05, 4.69) is 20.8 Å². The monoisotopic (exact) mass is 298 g/mol. The molecule has 0 radical (unpaired) electrons. The molecule has 1 aliphatic rings. The molecule has 1 unspecified atom stereocenters. The van der Waals surface area contributed by atoms with Crippen LogP contribution in [0.2, 0.25) is 0 Å². The maximum absolute atomic E-state index is 12.5. The van der Waals surface area contributed by atoms with Crippen molar-refractivity contribution in [2.75, 3.05) is 13.1 Å². The largest absolute Gasteiger partial charge is 0.341 e. The number of benzene rings is 1. The van der Waals surface area contributed by atoms with Crippen molar-refractivity contribution in [1.29, 1.82) is 5.26 Å². The molecule has 116 valence electrons. The van der Waals surface area contributed by atoms with Gasteiger partial charge in [0.25, 0.3) is 0 Å². The lowest BCUT2D eigenvalue weighted by atomic mass is 9.86. The minimum absolute atomic E-state index is 0.00157. The summed E-state index contributed by atoms with van der Waals surface area (Å²) in [4.78, 5) is 26.4. The van der Waals surface area contributed by atoms with Gasteiger partial charge in [-0.15, -0.1) is 0 Å². The van der Waals surface area contributed by atoms with Crippen molar-refractivity contribution in [2.24, 2.45) is 5.92 Å². The lowest BCUT2D eigenvalue weighted by Gasteiger charge is -2.20. The van der Waals surface area contributed by atoms with E-state index in [0.29, 0.717) is 18.7 Å². The third kappa shape index (κ3) is 3.36. The molecular formula is C18H22N2O2. The molecule has 0 spiro atoms. The van der Waals surface area contributed by atoms with Gasteiger partial charge in [0.1, 0.15) is 0 Å². The molecule has 1 fully saturated rings. The van der Waals surface area contributed by atoms with Gasteiger partial charge in [-0.3, -0.25) is 9.59 Å². The van der Waals surface area contributed by atoms with Gasteiger partial charge >= 0.3 is 0 Å². The summed E-state index contributed by atoms with van der Waals surface area (Å²) in [6.07, 6.45) is 1.89. The number of ketones is 1. The molecule has 0 aromatic heterocycles. The predicted octanol–water partition coefficient (Wildman–Crippen LogP) is 2.93. The van der Waals surface area contributed by atoms with Gasteiger partial charge in [0.2, 0.25) is 5.91 Å². The second-order valence-electron chi connectivity index (χ2n) is 6.79. The summed E-state index contributed by atoms with van der Waals surface area (Å²) in [5, 5.41) is 9.25. The molecule has 22 heavy (non-hydrogen) atoms. The normalized spacial score (nSPS) is 16.2. The van der Waals surface area contributed by atoms with Crippen molar-refractivity contribution in [1.82, 2.24) is 4.90 Å². The Kier molecular flexibility index (Phi) is 4.65. The van der Waals surface area contributed by atoms with Crippen molar-refractivity contribution in [2.45, 2.75) is 39.0 Å². The maximum Gasteiger partial charge on any atom is 0.247 e. The van der Waals surface area contributed by atoms with Gasteiger partial charge in [-0.25, -0.2) is 0 Å². The Morgan fingerprint density at radius 2 is 1.68 bits per heavy atom. The number of carbonyl (C=O) groups excluding carboxylic acids is 2. The summed E-state index contributed by atoms with van der Waals surface area (Å²) in [5.41, 5.74) is 1.54. The Balaban J connectivity index is 2.18. The zero-order chi connectivity index (χ0) is 16.3. The molecule has 1 aromatic rings. The second kappa shape index (κ2) is 6.31. The highest BCUT2D eigenvalue weighted by Gasteiger charge is 2.32. The summed E-state index contributed by atoms with van der Waals surface area (Å²) in [6, 6.07) is 9.09. The Hall–Kier alpha value is -2.15. The van der Waals surface area contributed by atoms with Crippen LogP contribution < -0.4 is 0 Å². The highest BCUT2D eigenvalue weighted by atomic mass is 16.2. The van der Waals surface area contributed by atoms with Crippen LogP contribution in [0.5, 0.6) is 0 Å². The second-order valence-corrected chi connectivity index (χ2v) is 6.79. The lowest BCUT2D eigenvalue weighted by molar-refractivity contribution is -0.131. The van der Waals surface area contributed by atoms with Gasteiger partial charge < -0.3 is 4.90 Å². The fraction of sp³-hybridized carbons (Fsp3) is 0.500. The fourth-order valence-electron chi connectivity index (χ4n) is 2.65. The highest BCUT2D eigenvalue weighted by Crippen LogP contribution is 2.23. The van der Waals surface area contributed by atoms with Gasteiger partial charge in [0, 0.05) is 18.7 Å². The third-order valence-corrected chi connectivity index (χ3v) is 4.09. The van der Waals surface area contributed by atoms with Gasteiger partial charge in [-0.2, -0.15) is 5.26 Å². The number of rotatable bonds is 3. The summed E-state index contributed by atoms with van der Waals surface area (Å²) >= 11 is 0. The van der Waals surface area contributed by atoms with Crippen LogP contribution in [-0.4, -0.2) is 29.7 Å². The van der Waals surface area contributed by atoms with Gasteiger partial charge in [-0.05, 0) is 23.8 Å². The first kappa shape index (κ1) is 16.2. The summed E-state index contributed by atoms with van der Waals surface area (Å²) in [6.45, 7) is 7.58. The number of carbonyl (C=O) groups is 2. The summed E-state index contributed by atoms with van der Waals surface area (Å²) in [7, 11) is 0. The van der Waals surface area contributed by atoms with E-state index in [1.165, 1.54) is 0 Å². The smallest absolute Gasteiger partial charge is 0.247 e. The molecule has 0 N–H and O–H groups in total. The van der Waals surface area contributed by atoms with Crippen LogP contribution in [0, 0.1) is 17.2 Å². The molecule has 0 saturated carbocycles. The average Bonchev–Trinajstić information content (AvgIpc) is 3.01. The molecule has 1 amide bonds. The van der Waals surface area contributed by atoms with Gasteiger partial charge in [0.15, 0.2) is 11.7 Å². The Morgan fingerprint density at radius 3 is 2.14 bits per heavy atom. The number of nitriles is 1. The van der Waals surface area contributed by atoms with E-state index >= 15 is 0 Å². The number of amides is 1. The van der Waals surface area contributed by atoms with Crippen molar-refractivity contribution >= 4 is 11.7 Å². The molecule has 0 aliphatic carbocycles. The Labute approximate surface area is 131 Å². The van der Waals surface area contributed by atoms with Crippen molar-refractivity contribution in [3.63, 3.8) is 0 Å². The van der Waals surface area contributed by atoms with Crippen LogP contribution in [0.25, 0.3) is 0 Å². The molecule has 4 heteroatoms. The number of hydrogen-bond donors (Lipinski definition) is 0. The molecule has 1 atom stereocenters. The highest BCUT2D eigenvalue weighted by molar-refractivity contribution is 6.12. The van der Waals surface area contributed by atoms with E-state index in [1.807, 2.05) is 18.2 Å². The molecule has 0 bridgehead atoms. The van der Waals surface area contributed by atoms with Gasteiger partial charge in [-0.1, -0.05) is 45.0 Å². The number of likely N-dealkylation sites (tertiary alicyclic amines) is 1. The molecular weight excluding hydrogens is 276 g/mol. The minimum Gasteiger partial charge on any atom is -0.341 e. The van der Waals surface area contributed by atoms with E-state index in [4.69, 9.17) is 0 Å². The predicted molar refractivity (Wildman–Crippen MR) is 84.4 cm³/mol. The number of nitrogens with zero attached hydrogens (tertiary/aromatic N) is 2. The van der Waals surface area contributed by atoms with Crippen LogP contribution in [0.1, 0.15) is 49.5 Å². The molecule has 1 saturated heterocycles. The first-order valence-electron chi connectivity index (χ1n) is 7.68. The number of hydrogen-bond acceptors (Lipinski definition) is 3. The third-order valence-electron chi connectivity index (χ3n) is 4.09. The van der Waals surface area contributed by atoms with Crippen molar-refractivity contribution in [3.05, 3.63) is 35.4 Å². The Morgan fingerprint density at radius 1 is 1.14 bits per heavy atom. The summed E-state index contributed by atoms with van der Waals surface area (Å²) < 4.78 is 0. The molecule has 1 aromatic carbocycles. The quantitative estimate of drug-likeness (QED) is 0.636. The Bertz CT molecular complexity index is 599. The van der Waals surface area contributed by atoms with E-state index in [-0.39, 0.29) is 11.3 Å². The lowest BCUT2D eigenvalue weighted by Crippen LogP contribution is -2.37. The van der Waals surface area contributed by atoms with E-state index < -0.39 is 11.7 Å². The SMILES string of the molecule is CC(C)(C)c1ccc(C(=O)C(C#N)C(=O)N2CCCC2)cc1. The molecule has 1 heterocycles. The molecule has 2 rings (SSSR count). The fourth-order valence-corrected chi connectivity index (χ4v) is 2.65. The molecule has 4 nitrogen and oxygen atoms in total. The van der Waals surface area contributed by atoms with Crippen LogP contribution in [0.4, 0.5) is 0 Å².